The maximum atomic E-state index is 11.5. The molecule has 0 aliphatic heterocycles. The van der Waals surface area contributed by atoms with E-state index in [0.717, 1.165) is 18.6 Å². The molecule has 2 N–H and O–H groups in total. The molecule has 1 unspecified atom stereocenters. The second kappa shape index (κ2) is 8.59. The Balaban J connectivity index is 5.47. The van der Waals surface area contributed by atoms with Gasteiger partial charge >= 0.3 is 11.9 Å². The fraction of sp³-hybridized carbons (Fsp3) is 0.600. The summed E-state index contributed by atoms with van der Waals surface area (Å²) < 4.78 is 10.1. The SMILES string of the molecule is C=CC(=O)OCC(CCCC)(OC(=O)C=C)C(O)(O)CC. The third-order valence-corrected chi connectivity index (χ3v) is 3.23. The van der Waals surface area contributed by atoms with E-state index in [-0.39, 0.29) is 12.8 Å². The smallest absolute Gasteiger partial charge is 0.331 e. The van der Waals surface area contributed by atoms with Gasteiger partial charge in [-0.25, -0.2) is 9.59 Å². The summed E-state index contributed by atoms with van der Waals surface area (Å²) in [7, 11) is 0. The van der Waals surface area contributed by atoms with E-state index in [1.54, 1.807) is 0 Å². The molecule has 21 heavy (non-hydrogen) atoms. The van der Waals surface area contributed by atoms with Crippen LogP contribution in [0.2, 0.25) is 0 Å². The summed E-state index contributed by atoms with van der Waals surface area (Å²) in [6.07, 6.45) is 3.19. The number of esters is 2. The molecule has 0 bridgehead atoms. The molecule has 0 fully saturated rings. The van der Waals surface area contributed by atoms with Crippen LogP contribution in [0.1, 0.15) is 39.5 Å². The molecule has 0 saturated heterocycles. The molecule has 0 rings (SSSR count). The van der Waals surface area contributed by atoms with Crippen LogP contribution >= 0.6 is 0 Å². The Morgan fingerprint density at radius 3 is 2.14 bits per heavy atom. The summed E-state index contributed by atoms with van der Waals surface area (Å²) in [4.78, 5) is 22.8. The zero-order chi connectivity index (χ0) is 16.5. The molecule has 6 heteroatoms. The number of aliphatic hydroxyl groups is 2. The number of hydrogen-bond acceptors (Lipinski definition) is 6. The van der Waals surface area contributed by atoms with Crippen LogP contribution in [0.3, 0.4) is 0 Å². The van der Waals surface area contributed by atoms with E-state index >= 15 is 0 Å². The number of ether oxygens (including phenoxy) is 2. The Kier molecular flexibility index (Phi) is 7.91. The van der Waals surface area contributed by atoms with Gasteiger partial charge in [-0.3, -0.25) is 0 Å². The maximum absolute atomic E-state index is 11.5. The Bertz CT molecular complexity index is 388. The van der Waals surface area contributed by atoms with Gasteiger partial charge in [0.2, 0.25) is 5.79 Å². The number of carbonyl (C=O) groups excluding carboxylic acids is 2. The Morgan fingerprint density at radius 1 is 1.14 bits per heavy atom. The summed E-state index contributed by atoms with van der Waals surface area (Å²) in [5.41, 5.74) is -1.75. The van der Waals surface area contributed by atoms with E-state index in [9.17, 15) is 19.8 Å². The van der Waals surface area contributed by atoms with E-state index in [1.807, 2.05) is 6.92 Å². The molecule has 0 aliphatic carbocycles. The van der Waals surface area contributed by atoms with Gasteiger partial charge in [0.25, 0.3) is 0 Å². The monoisotopic (exact) mass is 300 g/mol. The van der Waals surface area contributed by atoms with Crippen molar-refractivity contribution in [2.24, 2.45) is 0 Å². The zero-order valence-electron chi connectivity index (χ0n) is 12.6. The first-order chi connectivity index (χ1) is 9.78. The molecule has 0 radical (unpaired) electrons. The molecule has 1 atom stereocenters. The molecule has 0 heterocycles. The van der Waals surface area contributed by atoms with Crippen molar-refractivity contribution in [3.63, 3.8) is 0 Å². The summed E-state index contributed by atoms with van der Waals surface area (Å²) >= 11 is 0. The van der Waals surface area contributed by atoms with Crippen LogP contribution < -0.4 is 0 Å². The summed E-state index contributed by atoms with van der Waals surface area (Å²) in [6, 6.07) is 0. The van der Waals surface area contributed by atoms with Crippen LogP contribution in [0.5, 0.6) is 0 Å². The van der Waals surface area contributed by atoms with Crippen molar-refractivity contribution in [2.45, 2.75) is 50.9 Å². The number of rotatable bonds is 10. The average Bonchev–Trinajstić information content (AvgIpc) is 2.48. The number of unbranched alkanes of at least 4 members (excludes halogenated alkanes) is 1. The maximum Gasteiger partial charge on any atom is 0.331 e. The highest BCUT2D eigenvalue weighted by Crippen LogP contribution is 2.33. The van der Waals surface area contributed by atoms with Crippen molar-refractivity contribution in [1.29, 1.82) is 0 Å². The standard InChI is InChI=1S/C15H24O6/c1-5-9-10-14(15(18,19)8-4,21-13(17)7-3)11-20-12(16)6-2/h6-7,18-19H,2-3,5,8-11H2,1,4H3. The molecule has 0 aliphatic rings. The highest BCUT2D eigenvalue weighted by atomic mass is 16.6. The first-order valence-corrected chi connectivity index (χ1v) is 6.88. The van der Waals surface area contributed by atoms with Crippen molar-refractivity contribution < 1.29 is 29.3 Å². The van der Waals surface area contributed by atoms with Gasteiger partial charge in [0, 0.05) is 18.6 Å². The first kappa shape index (κ1) is 19.3. The second-order valence-corrected chi connectivity index (χ2v) is 4.71. The van der Waals surface area contributed by atoms with Crippen molar-refractivity contribution in [3.8, 4) is 0 Å². The van der Waals surface area contributed by atoms with Crippen LogP contribution in [0.4, 0.5) is 0 Å². The lowest BCUT2D eigenvalue weighted by Crippen LogP contribution is -2.59. The lowest BCUT2D eigenvalue weighted by Gasteiger charge is -2.41. The molecule has 0 aromatic rings. The zero-order valence-corrected chi connectivity index (χ0v) is 12.6. The van der Waals surface area contributed by atoms with E-state index < -0.39 is 29.9 Å². The van der Waals surface area contributed by atoms with E-state index in [1.165, 1.54) is 6.92 Å². The molecule has 0 aromatic carbocycles. The van der Waals surface area contributed by atoms with Crippen molar-refractivity contribution >= 4 is 11.9 Å². The lowest BCUT2D eigenvalue weighted by atomic mass is 9.86. The Hall–Kier alpha value is -1.66. The van der Waals surface area contributed by atoms with Gasteiger partial charge < -0.3 is 19.7 Å². The predicted octanol–water partition coefficient (Wildman–Crippen LogP) is 1.46. The minimum Gasteiger partial charge on any atom is -0.458 e. The predicted molar refractivity (Wildman–Crippen MR) is 77.2 cm³/mol. The summed E-state index contributed by atoms with van der Waals surface area (Å²) in [5.74, 6) is -3.89. The summed E-state index contributed by atoms with van der Waals surface area (Å²) in [5, 5.41) is 20.4. The van der Waals surface area contributed by atoms with Gasteiger partial charge in [-0.15, -0.1) is 0 Å². The van der Waals surface area contributed by atoms with Crippen molar-refractivity contribution in [1.82, 2.24) is 0 Å². The summed E-state index contributed by atoms with van der Waals surface area (Å²) in [6.45, 7) is 9.49. The fourth-order valence-corrected chi connectivity index (χ4v) is 1.82. The van der Waals surface area contributed by atoms with Crippen LogP contribution in [-0.2, 0) is 19.1 Å². The molecule has 0 amide bonds. The Morgan fingerprint density at radius 2 is 1.71 bits per heavy atom. The van der Waals surface area contributed by atoms with E-state index in [4.69, 9.17) is 9.47 Å². The minimum atomic E-state index is -2.33. The van der Waals surface area contributed by atoms with Crippen LogP contribution in [-0.4, -0.2) is 40.1 Å². The highest BCUT2D eigenvalue weighted by molar-refractivity contribution is 5.82. The van der Waals surface area contributed by atoms with Gasteiger partial charge in [0.05, 0.1) is 0 Å². The van der Waals surface area contributed by atoms with Gasteiger partial charge in [0.15, 0.2) is 5.60 Å². The molecular weight excluding hydrogens is 276 g/mol. The molecule has 120 valence electrons. The quantitative estimate of drug-likeness (QED) is 0.360. The van der Waals surface area contributed by atoms with E-state index in [2.05, 4.69) is 13.2 Å². The lowest BCUT2D eigenvalue weighted by molar-refractivity contribution is -0.294. The van der Waals surface area contributed by atoms with Gasteiger partial charge in [-0.1, -0.05) is 33.4 Å². The molecule has 6 nitrogen and oxygen atoms in total. The van der Waals surface area contributed by atoms with Crippen molar-refractivity contribution in [2.75, 3.05) is 6.61 Å². The molecular formula is C15H24O6. The largest absolute Gasteiger partial charge is 0.458 e. The first-order valence-electron chi connectivity index (χ1n) is 6.88. The fourth-order valence-electron chi connectivity index (χ4n) is 1.82. The number of carbonyl (C=O) groups is 2. The highest BCUT2D eigenvalue weighted by Gasteiger charge is 2.52. The van der Waals surface area contributed by atoms with E-state index in [0.29, 0.717) is 6.42 Å². The third kappa shape index (κ3) is 5.32. The molecule has 0 aromatic heterocycles. The van der Waals surface area contributed by atoms with Crippen molar-refractivity contribution in [3.05, 3.63) is 25.3 Å². The average molecular weight is 300 g/mol. The topological polar surface area (TPSA) is 93.1 Å². The Labute approximate surface area is 125 Å². The third-order valence-electron chi connectivity index (χ3n) is 3.23. The van der Waals surface area contributed by atoms with Gasteiger partial charge in [0.1, 0.15) is 6.61 Å². The van der Waals surface area contributed by atoms with Gasteiger partial charge in [-0.2, -0.15) is 0 Å². The normalized spacial score (nSPS) is 13.9. The van der Waals surface area contributed by atoms with Crippen LogP contribution in [0, 0.1) is 0 Å². The minimum absolute atomic E-state index is 0.104. The van der Waals surface area contributed by atoms with Gasteiger partial charge in [-0.05, 0) is 12.8 Å². The number of hydrogen-bond donors (Lipinski definition) is 2. The molecule has 0 spiro atoms. The second-order valence-electron chi connectivity index (χ2n) is 4.71. The van der Waals surface area contributed by atoms with Crippen LogP contribution in [0.25, 0.3) is 0 Å². The molecule has 0 saturated carbocycles. The van der Waals surface area contributed by atoms with Crippen LogP contribution in [0.15, 0.2) is 25.3 Å².